The van der Waals surface area contributed by atoms with E-state index in [0.29, 0.717) is 11.7 Å². The lowest BCUT2D eigenvalue weighted by molar-refractivity contribution is 0.378. The zero-order valence-corrected chi connectivity index (χ0v) is 11.8. The van der Waals surface area contributed by atoms with E-state index in [-0.39, 0.29) is 5.75 Å². The first-order chi connectivity index (χ1) is 7.55. The molecule has 0 aliphatic carbocycles. The first-order valence-corrected chi connectivity index (χ1v) is 8.11. The molecule has 0 atom stereocenters. The van der Waals surface area contributed by atoms with Gasteiger partial charge in [0.2, 0.25) is 0 Å². The predicted octanol–water partition coefficient (Wildman–Crippen LogP) is 1.43. The zero-order valence-electron chi connectivity index (χ0n) is 8.82. The Balaban J connectivity index is 1.99. The van der Waals surface area contributed by atoms with E-state index in [4.69, 9.17) is 0 Å². The Labute approximate surface area is 110 Å². The van der Waals surface area contributed by atoms with Crippen LogP contribution in [-0.4, -0.2) is 27.3 Å². The molecule has 0 spiro atoms. The molecule has 2 rings (SSSR count). The minimum atomic E-state index is -2.95. The highest BCUT2D eigenvalue weighted by molar-refractivity contribution is 14.1. The van der Waals surface area contributed by atoms with Crippen LogP contribution < -0.4 is 5.32 Å². The molecule has 0 aromatic heterocycles. The van der Waals surface area contributed by atoms with Gasteiger partial charge in [0.25, 0.3) is 0 Å². The Morgan fingerprint density at radius 2 is 1.88 bits per heavy atom. The van der Waals surface area contributed by atoms with Crippen LogP contribution in [-0.2, 0) is 15.6 Å². The number of halogens is 1. The van der Waals surface area contributed by atoms with Gasteiger partial charge >= 0.3 is 0 Å². The summed E-state index contributed by atoms with van der Waals surface area (Å²) in [5.74, 6) is 0.792. The van der Waals surface area contributed by atoms with Crippen molar-refractivity contribution in [2.24, 2.45) is 5.92 Å². The molecule has 1 heterocycles. The lowest BCUT2D eigenvalue weighted by Crippen LogP contribution is -2.45. The van der Waals surface area contributed by atoms with Crippen molar-refractivity contribution in [1.82, 2.24) is 5.32 Å². The number of rotatable bonds is 4. The maximum atomic E-state index is 11.9. The molecule has 0 bridgehead atoms. The van der Waals surface area contributed by atoms with Crippen molar-refractivity contribution in [3.8, 4) is 0 Å². The summed E-state index contributed by atoms with van der Waals surface area (Å²) in [6.07, 6.45) is 0. The van der Waals surface area contributed by atoms with Gasteiger partial charge in [-0.1, -0.05) is 12.1 Å². The summed E-state index contributed by atoms with van der Waals surface area (Å²) in [4.78, 5) is 0. The van der Waals surface area contributed by atoms with Crippen LogP contribution in [0.15, 0.2) is 24.3 Å². The van der Waals surface area contributed by atoms with Crippen LogP contribution in [0, 0.1) is 9.49 Å². The second-order valence-corrected chi connectivity index (χ2v) is 7.56. The first-order valence-electron chi connectivity index (χ1n) is 5.21. The van der Waals surface area contributed by atoms with Gasteiger partial charge < -0.3 is 5.32 Å². The molecule has 1 fully saturated rings. The lowest BCUT2D eigenvalue weighted by atomic mass is 10.1. The highest BCUT2D eigenvalue weighted by Gasteiger charge is 2.24. The van der Waals surface area contributed by atoms with Gasteiger partial charge in [-0.3, -0.25) is 0 Å². The van der Waals surface area contributed by atoms with Gasteiger partial charge in [-0.05, 0) is 46.2 Å². The molecule has 3 nitrogen and oxygen atoms in total. The molecule has 5 heteroatoms. The fourth-order valence-electron chi connectivity index (χ4n) is 1.72. The largest absolute Gasteiger partial charge is 0.316 e. The molecule has 0 amide bonds. The van der Waals surface area contributed by atoms with E-state index < -0.39 is 9.84 Å². The number of hydrogen-bond acceptors (Lipinski definition) is 3. The van der Waals surface area contributed by atoms with Crippen LogP contribution in [0.1, 0.15) is 5.56 Å². The summed E-state index contributed by atoms with van der Waals surface area (Å²) in [7, 11) is -2.95. The quantitative estimate of drug-likeness (QED) is 0.835. The van der Waals surface area contributed by atoms with E-state index in [1.54, 1.807) is 0 Å². The number of sulfone groups is 1. The topological polar surface area (TPSA) is 46.2 Å². The van der Waals surface area contributed by atoms with Crippen molar-refractivity contribution in [2.45, 2.75) is 5.75 Å². The minimum Gasteiger partial charge on any atom is -0.316 e. The minimum absolute atomic E-state index is 0.167. The van der Waals surface area contributed by atoms with Gasteiger partial charge in [0.05, 0.1) is 11.5 Å². The number of hydrogen-bond donors (Lipinski definition) is 1. The van der Waals surface area contributed by atoms with Crippen LogP contribution in [0.4, 0.5) is 0 Å². The lowest BCUT2D eigenvalue weighted by Gasteiger charge is -2.26. The van der Waals surface area contributed by atoms with Crippen LogP contribution in [0.3, 0.4) is 0 Å². The molecule has 1 aromatic rings. The van der Waals surface area contributed by atoms with Crippen molar-refractivity contribution >= 4 is 32.4 Å². The molecule has 1 saturated heterocycles. The SMILES string of the molecule is O=S(=O)(Cc1ccc(I)cc1)CC1CNC1. The third-order valence-electron chi connectivity index (χ3n) is 2.66. The van der Waals surface area contributed by atoms with Gasteiger partial charge in [-0.15, -0.1) is 0 Å². The van der Waals surface area contributed by atoms with Crippen molar-refractivity contribution in [3.63, 3.8) is 0 Å². The standard InChI is InChI=1S/C11H14INO2S/c12-11-3-1-9(2-4-11)7-16(14,15)8-10-5-13-6-10/h1-4,10,13H,5-8H2. The molecular formula is C11H14INO2S. The number of benzene rings is 1. The average Bonchev–Trinajstić information content (AvgIpc) is 2.16. The zero-order chi connectivity index (χ0) is 11.6. The maximum absolute atomic E-state index is 11.9. The summed E-state index contributed by atoms with van der Waals surface area (Å²) in [6.45, 7) is 1.68. The molecule has 1 aliphatic heterocycles. The second-order valence-electron chi connectivity index (χ2n) is 4.21. The Bertz CT molecular complexity index is 451. The number of nitrogens with one attached hydrogen (secondary N) is 1. The van der Waals surface area contributed by atoms with E-state index in [1.165, 1.54) is 0 Å². The predicted molar refractivity (Wildman–Crippen MR) is 73.0 cm³/mol. The molecular weight excluding hydrogens is 337 g/mol. The van der Waals surface area contributed by atoms with Gasteiger partial charge in [0, 0.05) is 16.7 Å². The van der Waals surface area contributed by atoms with Crippen molar-refractivity contribution < 1.29 is 8.42 Å². The van der Waals surface area contributed by atoms with Crippen LogP contribution >= 0.6 is 22.6 Å². The fraction of sp³-hybridized carbons (Fsp3) is 0.455. The van der Waals surface area contributed by atoms with Gasteiger partial charge in [-0.2, -0.15) is 0 Å². The Kier molecular flexibility index (Phi) is 3.86. The monoisotopic (exact) mass is 351 g/mol. The van der Waals surface area contributed by atoms with Gasteiger partial charge in [0.15, 0.2) is 9.84 Å². The van der Waals surface area contributed by atoms with E-state index in [0.717, 1.165) is 22.2 Å². The summed E-state index contributed by atoms with van der Waals surface area (Å²) in [5.41, 5.74) is 0.882. The molecule has 0 unspecified atom stereocenters. The van der Waals surface area contributed by atoms with Crippen LogP contribution in [0.2, 0.25) is 0 Å². The van der Waals surface area contributed by atoms with Gasteiger partial charge in [0.1, 0.15) is 0 Å². The maximum Gasteiger partial charge on any atom is 0.154 e. The summed E-state index contributed by atoms with van der Waals surface area (Å²) in [5, 5.41) is 3.09. The van der Waals surface area contributed by atoms with E-state index in [1.807, 2.05) is 24.3 Å². The Morgan fingerprint density at radius 1 is 1.25 bits per heavy atom. The highest BCUT2D eigenvalue weighted by atomic mass is 127. The normalized spacial score (nSPS) is 17.1. The fourth-order valence-corrected chi connectivity index (χ4v) is 3.85. The molecule has 88 valence electrons. The van der Waals surface area contributed by atoms with Crippen molar-refractivity contribution in [1.29, 1.82) is 0 Å². The van der Waals surface area contributed by atoms with E-state index >= 15 is 0 Å². The summed E-state index contributed by atoms with van der Waals surface area (Å²) >= 11 is 2.21. The average molecular weight is 351 g/mol. The molecule has 16 heavy (non-hydrogen) atoms. The molecule has 1 aliphatic rings. The Morgan fingerprint density at radius 3 is 2.38 bits per heavy atom. The summed E-state index contributed by atoms with van der Waals surface area (Å²) in [6, 6.07) is 7.66. The molecule has 0 radical (unpaired) electrons. The third-order valence-corrected chi connectivity index (χ3v) is 5.13. The highest BCUT2D eigenvalue weighted by Crippen LogP contribution is 2.14. The third kappa shape index (κ3) is 3.43. The van der Waals surface area contributed by atoms with E-state index in [9.17, 15) is 8.42 Å². The second kappa shape index (κ2) is 5.01. The van der Waals surface area contributed by atoms with Crippen molar-refractivity contribution in [2.75, 3.05) is 18.8 Å². The van der Waals surface area contributed by atoms with E-state index in [2.05, 4.69) is 27.9 Å². The van der Waals surface area contributed by atoms with Crippen LogP contribution in [0.25, 0.3) is 0 Å². The first kappa shape index (κ1) is 12.3. The van der Waals surface area contributed by atoms with Crippen molar-refractivity contribution in [3.05, 3.63) is 33.4 Å². The smallest absolute Gasteiger partial charge is 0.154 e. The van der Waals surface area contributed by atoms with Crippen LogP contribution in [0.5, 0.6) is 0 Å². The summed E-state index contributed by atoms with van der Waals surface area (Å²) < 4.78 is 24.8. The molecule has 1 aromatic carbocycles. The Hall–Kier alpha value is -0.140. The molecule has 1 N–H and O–H groups in total. The van der Waals surface area contributed by atoms with Gasteiger partial charge in [-0.25, -0.2) is 8.42 Å². The molecule has 0 saturated carbocycles.